The fourth-order valence-corrected chi connectivity index (χ4v) is 2.65. The highest BCUT2D eigenvalue weighted by Crippen LogP contribution is 2.23. The van der Waals surface area contributed by atoms with Crippen LogP contribution < -0.4 is 0 Å². The van der Waals surface area contributed by atoms with Crippen LogP contribution in [0.2, 0.25) is 0 Å². The maximum atomic E-state index is 12.6. The highest BCUT2D eigenvalue weighted by molar-refractivity contribution is 5.98. The highest BCUT2D eigenvalue weighted by atomic mass is 16.6. The molecule has 1 heterocycles. The zero-order chi connectivity index (χ0) is 16.3. The molecule has 1 atom stereocenters. The lowest BCUT2D eigenvalue weighted by atomic mass is 9.95. The Hall–Kier alpha value is -1.84. The Bertz CT molecular complexity index is 560. The molecular formula is C18H25NO3. The number of carbonyl (C=O) groups is 2. The first-order valence-electron chi connectivity index (χ1n) is 7.91. The van der Waals surface area contributed by atoms with E-state index < -0.39 is 5.60 Å². The summed E-state index contributed by atoms with van der Waals surface area (Å²) in [5, 5.41) is 0. The molecule has 120 valence electrons. The number of hydrogen-bond acceptors (Lipinski definition) is 3. The maximum Gasteiger partial charge on any atom is 0.410 e. The third-order valence-electron chi connectivity index (χ3n) is 3.83. The third kappa shape index (κ3) is 4.09. The van der Waals surface area contributed by atoms with Crippen LogP contribution in [0.25, 0.3) is 0 Å². The van der Waals surface area contributed by atoms with Crippen LogP contribution in [0.5, 0.6) is 0 Å². The molecule has 4 heteroatoms. The average Bonchev–Trinajstić information content (AvgIpc) is 2.94. The smallest absolute Gasteiger partial charge is 0.410 e. The topological polar surface area (TPSA) is 46.6 Å². The molecule has 0 aliphatic carbocycles. The van der Waals surface area contributed by atoms with Crippen LogP contribution in [0, 0.1) is 5.92 Å². The van der Waals surface area contributed by atoms with Gasteiger partial charge >= 0.3 is 6.09 Å². The van der Waals surface area contributed by atoms with Crippen molar-refractivity contribution in [3.8, 4) is 0 Å². The summed E-state index contributed by atoms with van der Waals surface area (Å²) >= 11 is 0. The van der Waals surface area contributed by atoms with E-state index in [1.807, 2.05) is 45.0 Å². The van der Waals surface area contributed by atoms with Crippen LogP contribution in [0.3, 0.4) is 0 Å². The van der Waals surface area contributed by atoms with Crippen LogP contribution in [0.4, 0.5) is 4.79 Å². The molecule has 1 amide bonds. The van der Waals surface area contributed by atoms with Crippen LogP contribution in [-0.4, -0.2) is 35.5 Å². The number of likely N-dealkylation sites (tertiary alicyclic amines) is 1. The summed E-state index contributed by atoms with van der Waals surface area (Å²) in [5.41, 5.74) is 1.40. The number of amides is 1. The van der Waals surface area contributed by atoms with E-state index in [9.17, 15) is 9.59 Å². The van der Waals surface area contributed by atoms with Gasteiger partial charge in [-0.15, -0.1) is 0 Å². The number of ether oxygens (including phenoxy) is 1. The number of Topliss-reactive ketones (excluding diaryl/α,β-unsaturated/α-hetero) is 1. The van der Waals surface area contributed by atoms with Crippen molar-refractivity contribution in [2.75, 3.05) is 13.1 Å². The van der Waals surface area contributed by atoms with Crippen molar-refractivity contribution < 1.29 is 14.3 Å². The van der Waals surface area contributed by atoms with Gasteiger partial charge in [0.2, 0.25) is 0 Å². The zero-order valence-electron chi connectivity index (χ0n) is 13.9. The monoisotopic (exact) mass is 303 g/mol. The lowest BCUT2D eigenvalue weighted by Gasteiger charge is -2.24. The van der Waals surface area contributed by atoms with Crippen molar-refractivity contribution >= 4 is 11.9 Å². The van der Waals surface area contributed by atoms with Crippen molar-refractivity contribution in [2.24, 2.45) is 5.92 Å². The lowest BCUT2D eigenvalue weighted by molar-refractivity contribution is 0.0289. The molecular weight excluding hydrogens is 278 g/mol. The zero-order valence-corrected chi connectivity index (χ0v) is 13.9. The molecule has 0 radical (unpaired) electrons. The predicted molar refractivity (Wildman–Crippen MR) is 86.1 cm³/mol. The molecule has 2 rings (SSSR count). The van der Waals surface area contributed by atoms with Gasteiger partial charge in [0.15, 0.2) is 5.78 Å². The minimum absolute atomic E-state index is 0.125. The van der Waals surface area contributed by atoms with Crippen molar-refractivity contribution in [3.63, 3.8) is 0 Å². The summed E-state index contributed by atoms with van der Waals surface area (Å²) in [4.78, 5) is 26.3. The van der Waals surface area contributed by atoms with Gasteiger partial charge in [-0.2, -0.15) is 0 Å². The molecule has 0 N–H and O–H groups in total. The summed E-state index contributed by atoms with van der Waals surface area (Å²) in [6.07, 6.45) is 1.29. The molecule has 1 aliphatic rings. The number of hydrogen-bond donors (Lipinski definition) is 0. The molecule has 4 nitrogen and oxygen atoms in total. The van der Waals surface area contributed by atoms with E-state index >= 15 is 0 Å². The van der Waals surface area contributed by atoms with E-state index in [1.54, 1.807) is 4.90 Å². The minimum Gasteiger partial charge on any atom is -0.444 e. The Morgan fingerprint density at radius 1 is 1.32 bits per heavy atom. The molecule has 0 aromatic heterocycles. The first-order valence-corrected chi connectivity index (χ1v) is 7.91. The van der Waals surface area contributed by atoms with Crippen molar-refractivity contribution in [1.29, 1.82) is 0 Å². The summed E-state index contributed by atoms with van der Waals surface area (Å²) < 4.78 is 5.37. The molecule has 1 saturated heterocycles. The molecule has 1 unspecified atom stereocenters. The summed E-state index contributed by atoms with van der Waals surface area (Å²) in [6.45, 7) is 8.64. The minimum atomic E-state index is -0.505. The highest BCUT2D eigenvalue weighted by Gasteiger charge is 2.33. The number of carbonyl (C=O) groups excluding carboxylic acids is 2. The van der Waals surface area contributed by atoms with E-state index in [2.05, 4.69) is 6.92 Å². The molecule has 1 aromatic rings. The SMILES string of the molecule is CCc1cccc(C(=O)C2CCN(C(=O)OC(C)(C)C)C2)c1. The third-order valence-corrected chi connectivity index (χ3v) is 3.83. The van der Waals surface area contributed by atoms with E-state index in [1.165, 1.54) is 0 Å². The van der Waals surface area contributed by atoms with Gasteiger partial charge in [-0.1, -0.05) is 25.1 Å². The molecule has 0 bridgehead atoms. The van der Waals surface area contributed by atoms with Gasteiger partial charge in [0.05, 0.1) is 0 Å². The Kier molecular flexibility index (Phi) is 4.89. The van der Waals surface area contributed by atoms with Crippen LogP contribution >= 0.6 is 0 Å². The van der Waals surface area contributed by atoms with Gasteiger partial charge in [-0.25, -0.2) is 4.79 Å². The lowest BCUT2D eigenvalue weighted by Crippen LogP contribution is -2.35. The van der Waals surface area contributed by atoms with Gasteiger partial charge in [-0.05, 0) is 45.2 Å². The summed E-state index contributed by atoms with van der Waals surface area (Å²) in [5.74, 6) is 0.000910. The Balaban J connectivity index is 2.00. The molecule has 0 saturated carbocycles. The second-order valence-electron chi connectivity index (χ2n) is 6.83. The van der Waals surface area contributed by atoms with Crippen LogP contribution in [0.1, 0.15) is 50.0 Å². The van der Waals surface area contributed by atoms with E-state index in [0.29, 0.717) is 19.5 Å². The number of nitrogens with zero attached hydrogens (tertiary/aromatic N) is 1. The molecule has 22 heavy (non-hydrogen) atoms. The standard InChI is InChI=1S/C18H25NO3/c1-5-13-7-6-8-14(11-13)16(20)15-9-10-19(12-15)17(21)22-18(2,3)4/h6-8,11,15H,5,9-10,12H2,1-4H3. The van der Waals surface area contributed by atoms with E-state index in [-0.39, 0.29) is 17.8 Å². The number of ketones is 1. The summed E-state index contributed by atoms with van der Waals surface area (Å²) in [7, 11) is 0. The van der Waals surface area contributed by atoms with Gasteiger partial charge in [-0.3, -0.25) is 4.79 Å². The number of benzene rings is 1. The largest absolute Gasteiger partial charge is 0.444 e. The van der Waals surface area contributed by atoms with Crippen molar-refractivity contribution in [1.82, 2.24) is 4.90 Å². The second-order valence-corrected chi connectivity index (χ2v) is 6.83. The number of rotatable bonds is 3. The van der Waals surface area contributed by atoms with Gasteiger partial charge in [0, 0.05) is 24.6 Å². The van der Waals surface area contributed by atoms with E-state index in [0.717, 1.165) is 17.5 Å². The van der Waals surface area contributed by atoms with Gasteiger partial charge in [0.1, 0.15) is 5.60 Å². The first-order chi connectivity index (χ1) is 10.3. The predicted octanol–water partition coefficient (Wildman–Crippen LogP) is 3.69. The van der Waals surface area contributed by atoms with Crippen LogP contribution in [0.15, 0.2) is 24.3 Å². The van der Waals surface area contributed by atoms with Crippen LogP contribution in [-0.2, 0) is 11.2 Å². The Morgan fingerprint density at radius 2 is 2.05 bits per heavy atom. The fourth-order valence-electron chi connectivity index (χ4n) is 2.65. The second kappa shape index (κ2) is 6.51. The Labute approximate surface area is 132 Å². The normalized spacial score (nSPS) is 18.4. The van der Waals surface area contributed by atoms with Gasteiger partial charge in [0.25, 0.3) is 0 Å². The molecule has 1 fully saturated rings. The maximum absolute atomic E-state index is 12.6. The van der Waals surface area contributed by atoms with Gasteiger partial charge < -0.3 is 9.64 Å². The molecule has 0 spiro atoms. The molecule has 1 aliphatic heterocycles. The number of aryl methyl sites for hydroxylation is 1. The van der Waals surface area contributed by atoms with E-state index in [4.69, 9.17) is 4.74 Å². The quantitative estimate of drug-likeness (QED) is 0.800. The fraction of sp³-hybridized carbons (Fsp3) is 0.556. The van der Waals surface area contributed by atoms with Crippen molar-refractivity contribution in [3.05, 3.63) is 35.4 Å². The van der Waals surface area contributed by atoms with Crippen molar-refractivity contribution in [2.45, 2.75) is 46.1 Å². The molecule has 1 aromatic carbocycles. The summed E-state index contributed by atoms with van der Waals surface area (Å²) in [6, 6.07) is 7.77. The Morgan fingerprint density at radius 3 is 2.68 bits per heavy atom. The average molecular weight is 303 g/mol. The first kappa shape index (κ1) is 16.5.